The van der Waals surface area contributed by atoms with Gasteiger partial charge in [-0.2, -0.15) is 0 Å². The quantitative estimate of drug-likeness (QED) is 0.854. The fourth-order valence-electron chi connectivity index (χ4n) is 2.17. The Morgan fingerprint density at radius 3 is 3.00 bits per heavy atom. The highest BCUT2D eigenvalue weighted by atomic mass is 16.5. The van der Waals surface area contributed by atoms with Crippen molar-refractivity contribution in [3.8, 4) is 0 Å². The van der Waals surface area contributed by atoms with Gasteiger partial charge in [-0.1, -0.05) is 0 Å². The van der Waals surface area contributed by atoms with E-state index in [1.807, 2.05) is 17.9 Å². The summed E-state index contributed by atoms with van der Waals surface area (Å²) in [5, 5.41) is 8.99. The molecule has 1 aliphatic heterocycles. The summed E-state index contributed by atoms with van der Waals surface area (Å²) in [6.07, 6.45) is 0.665. The first-order chi connectivity index (χ1) is 8.60. The van der Waals surface area contributed by atoms with Gasteiger partial charge in [-0.15, -0.1) is 0 Å². The fraction of sp³-hybridized carbons (Fsp3) is 0.583. The molecule has 6 heteroatoms. The lowest BCUT2D eigenvalue weighted by Crippen LogP contribution is -2.24. The second-order valence-electron chi connectivity index (χ2n) is 4.47. The molecule has 0 saturated carbocycles. The predicted octanol–water partition coefficient (Wildman–Crippen LogP) is 0.842. The monoisotopic (exact) mass is 251 g/mol. The first-order valence-corrected chi connectivity index (χ1v) is 5.91. The molecule has 0 aliphatic carbocycles. The second kappa shape index (κ2) is 5.30. The first kappa shape index (κ1) is 12.8. The van der Waals surface area contributed by atoms with E-state index in [1.54, 1.807) is 7.11 Å². The number of ether oxygens (including phenoxy) is 1. The highest BCUT2D eigenvalue weighted by molar-refractivity contribution is 5.71. The minimum absolute atomic E-state index is 0.300. The number of aryl methyl sites for hydroxylation is 1. The van der Waals surface area contributed by atoms with Gasteiger partial charge in [0.15, 0.2) is 0 Å². The number of carbonyl (C=O) groups is 1. The van der Waals surface area contributed by atoms with Crippen molar-refractivity contribution in [2.75, 3.05) is 25.1 Å². The van der Waals surface area contributed by atoms with Crippen molar-refractivity contribution in [2.45, 2.75) is 20.0 Å². The van der Waals surface area contributed by atoms with Crippen LogP contribution in [0.5, 0.6) is 0 Å². The Bertz CT molecular complexity index is 450. The Hall–Kier alpha value is -1.69. The minimum Gasteiger partial charge on any atom is -0.481 e. The molecule has 1 aromatic rings. The lowest BCUT2D eigenvalue weighted by Gasteiger charge is -2.17. The number of anilines is 1. The largest absolute Gasteiger partial charge is 0.481 e. The van der Waals surface area contributed by atoms with E-state index in [-0.39, 0.29) is 5.92 Å². The predicted molar refractivity (Wildman–Crippen MR) is 65.4 cm³/mol. The summed E-state index contributed by atoms with van der Waals surface area (Å²) in [7, 11) is 1.62. The topological polar surface area (TPSA) is 75.5 Å². The van der Waals surface area contributed by atoms with Crippen LogP contribution in [0.4, 0.5) is 5.82 Å². The molecule has 1 aliphatic rings. The van der Waals surface area contributed by atoms with Crippen LogP contribution in [0.25, 0.3) is 0 Å². The number of aromatic nitrogens is 2. The van der Waals surface area contributed by atoms with Crippen LogP contribution in [0.15, 0.2) is 6.07 Å². The molecule has 6 nitrogen and oxygen atoms in total. The SMILES string of the molecule is COCc1cc(N2CC[C@H](C(=O)O)C2)nc(C)n1. The Labute approximate surface area is 106 Å². The molecule has 2 rings (SSSR count). The second-order valence-corrected chi connectivity index (χ2v) is 4.47. The number of rotatable bonds is 4. The molecule has 0 spiro atoms. The van der Waals surface area contributed by atoms with Gasteiger partial charge in [0.25, 0.3) is 0 Å². The summed E-state index contributed by atoms with van der Waals surface area (Å²) < 4.78 is 5.06. The van der Waals surface area contributed by atoms with Crippen LogP contribution in [-0.4, -0.2) is 41.2 Å². The van der Waals surface area contributed by atoms with Gasteiger partial charge in [0, 0.05) is 26.3 Å². The van der Waals surface area contributed by atoms with Crippen LogP contribution in [-0.2, 0) is 16.1 Å². The maximum Gasteiger partial charge on any atom is 0.308 e. The van der Waals surface area contributed by atoms with E-state index in [0.717, 1.165) is 18.1 Å². The zero-order valence-electron chi connectivity index (χ0n) is 10.6. The smallest absolute Gasteiger partial charge is 0.308 e. The van der Waals surface area contributed by atoms with Crippen molar-refractivity contribution >= 4 is 11.8 Å². The number of methoxy groups -OCH3 is 1. The summed E-state index contributed by atoms with van der Waals surface area (Å²) in [6.45, 7) is 3.50. The molecule has 1 N–H and O–H groups in total. The van der Waals surface area contributed by atoms with E-state index in [0.29, 0.717) is 25.4 Å². The van der Waals surface area contributed by atoms with E-state index in [1.165, 1.54) is 0 Å². The number of carboxylic acid groups (broad SMARTS) is 1. The molecule has 0 aromatic carbocycles. The Morgan fingerprint density at radius 1 is 1.61 bits per heavy atom. The van der Waals surface area contributed by atoms with Crippen molar-refractivity contribution in [1.82, 2.24) is 9.97 Å². The van der Waals surface area contributed by atoms with Crippen molar-refractivity contribution in [3.63, 3.8) is 0 Å². The Balaban J connectivity index is 2.16. The van der Waals surface area contributed by atoms with Gasteiger partial charge in [0.1, 0.15) is 11.6 Å². The summed E-state index contributed by atoms with van der Waals surface area (Å²) >= 11 is 0. The molecule has 18 heavy (non-hydrogen) atoms. The fourth-order valence-corrected chi connectivity index (χ4v) is 2.17. The molecule has 1 saturated heterocycles. The number of hydrogen-bond acceptors (Lipinski definition) is 5. The first-order valence-electron chi connectivity index (χ1n) is 5.91. The normalized spacial score (nSPS) is 19.2. The van der Waals surface area contributed by atoms with E-state index in [2.05, 4.69) is 9.97 Å². The molecule has 0 amide bonds. The van der Waals surface area contributed by atoms with Gasteiger partial charge in [0.05, 0.1) is 18.2 Å². The van der Waals surface area contributed by atoms with Crippen LogP contribution in [0.3, 0.4) is 0 Å². The number of nitrogens with zero attached hydrogens (tertiary/aromatic N) is 3. The molecular weight excluding hydrogens is 234 g/mol. The van der Waals surface area contributed by atoms with E-state index in [4.69, 9.17) is 9.84 Å². The standard InChI is InChI=1S/C12H17N3O3/c1-8-13-10(7-18-2)5-11(14-8)15-4-3-9(6-15)12(16)17/h5,9H,3-4,6-7H2,1-2H3,(H,16,17)/t9-/m0/s1. The van der Waals surface area contributed by atoms with Gasteiger partial charge in [-0.25, -0.2) is 9.97 Å². The average Bonchev–Trinajstić information content (AvgIpc) is 2.78. The van der Waals surface area contributed by atoms with Gasteiger partial charge < -0.3 is 14.7 Å². The Kier molecular flexibility index (Phi) is 3.76. The van der Waals surface area contributed by atoms with Crippen LogP contribution in [0.2, 0.25) is 0 Å². The van der Waals surface area contributed by atoms with Crippen molar-refractivity contribution in [2.24, 2.45) is 5.92 Å². The molecule has 0 unspecified atom stereocenters. The lowest BCUT2D eigenvalue weighted by atomic mass is 10.1. The summed E-state index contributed by atoms with van der Waals surface area (Å²) in [4.78, 5) is 21.6. The highest BCUT2D eigenvalue weighted by Gasteiger charge is 2.28. The minimum atomic E-state index is -0.736. The molecule has 0 radical (unpaired) electrons. The van der Waals surface area contributed by atoms with Crippen LogP contribution < -0.4 is 4.90 Å². The van der Waals surface area contributed by atoms with E-state index in [9.17, 15) is 4.79 Å². The summed E-state index contributed by atoms with van der Waals surface area (Å²) in [6, 6.07) is 1.86. The third-order valence-corrected chi connectivity index (χ3v) is 3.03. The van der Waals surface area contributed by atoms with Gasteiger partial charge >= 0.3 is 5.97 Å². The zero-order valence-corrected chi connectivity index (χ0v) is 10.6. The summed E-state index contributed by atoms with van der Waals surface area (Å²) in [5.41, 5.74) is 0.818. The van der Waals surface area contributed by atoms with E-state index < -0.39 is 5.97 Å². The molecule has 2 heterocycles. The number of hydrogen-bond donors (Lipinski definition) is 1. The van der Waals surface area contributed by atoms with Gasteiger partial charge in [0.2, 0.25) is 0 Å². The molecule has 1 fully saturated rings. The summed E-state index contributed by atoms with van der Waals surface area (Å²) in [5.74, 6) is 0.433. The lowest BCUT2D eigenvalue weighted by molar-refractivity contribution is -0.140. The third-order valence-electron chi connectivity index (χ3n) is 3.03. The average molecular weight is 251 g/mol. The molecule has 0 bridgehead atoms. The zero-order chi connectivity index (χ0) is 13.1. The van der Waals surface area contributed by atoms with E-state index >= 15 is 0 Å². The van der Waals surface area contributed by atoms with Crippen LogP contribution in [0.1, 0.15) is 17.9 Å². The van der Waals surface area contributed by atoms with Crippen LogP contribution >= 0.6 is 0 Å². The molecule has 1 atom stereocenters. The van der Waals surface area contributed by atoms with Gasteiger partial charge in [-0.3, -0.25) is 4.79 Å². The van der Waals surface area contributed by atoms with Crippen molar-refractivity contribution in [1.29, 1.82) is 0 Å². The highest BCUT2D eigenvalue weighted by Crippen LogP contribution is 2.23. The van der Waals surface area contributed by atoms with Gasteiger partial charge in [-0.05, 0) is 13.3 Å². The Morgan fingerprint density at radius 2 is 2.39 bits per heavy atom. The molecule has 98 valence electrons. The molecular formula is C12H17N3O3. The van der Waals surface area contributed by atoms with Crippen molar-refractivity contribution < 1.29 is 14.6 Å². The number of aliphatic carboxylic acids is 1. The third kappa shape index (κ3) is 2.76. The van der Waals surface area contributed by atoms with Crippen LogP contribution in [0, 0.1) is 12.8 Å². The maximum atomic E-state index is 10.9. The number of carboxylic acids is 1. The molecule has 1 aromatic heterocycles. The maximum absolute atomic E-state index is 10.9. The van der Waals surface area contributed by atoms with Crippen molar-refractivity contribution in [3.05, 3.63) is 17.6 Å².